The molecule has 0 spiro atoms. The fourth-order valence-electron chi connectivity index (χ4n) is 3.46. The molecule has 2 aromatic rings. The Kier molecular flexibility index (Phi) is 4.35. The molecule has 0 radical (unpaired) electrons. The standard InChI is InChI=1S/C19H22FN/c1-21-12-4-7-19-17-6-3-2-5-14(17)8-9-15-13-16(20)10-11-18(15)19/h2-3,5-6,10-11,13,19,21H,4,7-9,12H2,1H3. The molecule has 1 unspecified atom stereocenters. The second-order valence-electron chi connectivity index (χ2n) is 5.84. The lowest BCUT2D eigenvalue weighted by Crippen LogP contribution is -2.11. The summed E-state index contributed by atoms with van der Waals surface area (Å²) < 4.78 is 13.6. The van der Waals surface area contributed by atoms with Gasteiger partial charge in [0, 0.05) is 5.92 Å². The van der Waals surface area contributed by atoms with Gasteiger partial charge in [0.2, 0.25) is 0 Å². The third-order valence-corrected chi connectivity index (χ3v) is 4.49. The lowest BCUT2D eigenvalue weighted by molar-refractivity contribution is 0.613. The van der Waals surface area contributed by atoms with Crippen molar-refractivity contribution in [3.8, 4) is 0 Å². The van der Waals surface area contributed by atoms with Crippen LogP contribution < -0.4 is 5.32 Å². The Balaban J connectivity index is 2.02. The van der Waals surface area contributed by atoms with E-state index in [0.29, 0.717) is 5.92 Å². The van der Waals surface area contributed by atoms with Crippen molar-refractivity contribution in [3.05, 3.63) is 70.5 Å². The smallest absolute Gasteiger partial charge is 0.123 e. The van der Waals surface area contributed by atoms with E-state index in [4.69, 9.17) is 0 Å². The molecule has 1 N–H and O–H groups in total. The van der Waals surface area contributed by atoms with Gasteiger partial charge in [-0.1, -0.05) is 30.3 Å². The number of aryl methyl sites for hydroxylation is 2. The van der Waals surface area contributed by atoms with Crippen LogP contribution in [0.1, 0.15) is 41.0 Å². The quantitative estimate of drug-likeness (QED) is 0.835. The third kappa shape index (κ3) is 3.01. The Bertz CT molecular complexity index is 621. The van der Waals surface area contributed by atoms with Crippen LogP contribution >= 0.6 is 0 Å². The first-order chi connectivity index (χ1) is 10.3. The number of hydrogen-bond acceptors (Lipinski definition) is 1. The van der Waals surface area contributed by atoms with E-state index in [1.165, 1.54) is 22.3 Å². The van der Waals surface area contributed by atoms with Crippen LogP contribution in [0.4, 0.5) is 4.39 Å². The molecular weight excluding hydrogens is 261 g/mol. The molecule has 110 valence electrons. The van der Waals surface area contributed by atoms with Gasteiger partial charge in [-0.15, -0.1) is 0 Å². The largest absolute Gasteiger partial charge is 0.320 e. The Morgan fingerprint density at radius 2 is 1.81 bits per heavy atom. The Morgan fingerprint density at radius 3 is 2.67 bits per heavy atom. The summed E-state index contributed by atoms with van der Waals surface area (Å²) in [6.45, 7) is 1.02. The van der Waals surface area contributed by atoms with Gasteiger partial charge in [-0.25, -0.2) is 4.39 Å². The monoisotopic (exact) mass is 283 g/mol. The molecule has 0 aliphatic heterocycles. The van der Waals surface area contributed by atoms with Gasteiger partial charge in [0.1, 0.15) is 5.82 Å². The maximum absolute atomic E-state index is 13.6. The maximum Gasteiger partial charge on any atom is 0.123 e. The van der Waals surface area contributed by atoms with E-state index in [2.05, 4.69) is 29.6 Å². The fourth-order valence-corrected chi connectivity index (χ4v) is 3.46. The zero-order valence-corrected chi connectivity index (χ0v) is 12.5. The van der Waals surface area contributed by atoms with Gasteiger partial charge in [-0.3, -0.25) is 0 Å². The molecule has 1 nitrogen and oxygen atoms in total. The summed E-state index contributed by atoms with van der Waals surface area (Å²) in [5, 5.41) is 3.22. The lowest BCUT2D eigenvalue weighted by Gasteiger charge is -2.20. The zero-order valence-electron chi connectivity index (χ0n) is 12.5. The Hall–Kier alpha value is -1.67. The second kappa shape index (κ2) is 6.40. The number of rotatable bonds is 4. The van der Waals surface area contributed by atoms with Crippen molar-refractivity contribution in [1.82, 2.24) is 5.32 Å². The van der Waals surface area contributed by atoms with Gasteiger partial charge < -0.3 is 5.32 Å². The highest BCUT2D eigenvalue weighted by Gasteiger charge is 2.23. The number of fused-ring (bicyclic) bond motifs is 2. The van der Waals surface area contributed by atoms with Gasteiger partial charge in [0.25, 0.3) is 0 Å². The molecule has 2 heteroatoms. The highest BCUT2D eigenvalue weighted by atomic mass is 19.1. The molecule has 1 atom stereocenters. The average molecular weight is 283 g/mol. The predicted molar refractivity (Wildman–Crippen MR) is 85.3 cm³/mol. The molecule has 1 aliphatic rings. The molecule has 2 aromatic carbocycles. The van der Waals surface area contributed by atoms with Crippen LogP contribution in [-0.4, -0.2) is 13.6 Å². The summed E-state index contributed by atoms with van der Waals surface area (Å²) >= 11 is 0. The van der Waals surface area contributed by atoms with Crippen LogP contribution in [0.5, 0.6) is 0 Å². The molecule has 0 amide bonds. The average Bonchev–Trinajstić information content (AvgIpc) is 2.65. The van der Waals surface area contributed by atoms with Crippen molar-refractivity contribution >= 4 is 0 Å². The van der Waals surface area contributed by atoms with Gasteiger partial charge in [0.05, 0.1) is 0 Å². The van der Waals surface area contributed by atoms with Crippen molar-refractivity contribution in [2.45, 2.75) is 31.6 Å². The van der Waals surface area contributed by atoms with Crippen molar-refractivity contribution in [1.29, 1.82) is 0 Å². The van der Waals surface area contributed by atoms with E-state index in [9.17, 15) is 4.39 Å². The SMILES string of the molecule is CNCCCC1c2ccccc2CCc2cc(F)ccc21. The molecule has 21 heavy (non-hydrogen) atoms. The van der Waals surface area contributed by atoms with E-state index in [-0.39, 0.29) is 5.82 Å². The summed E-state index contributed by atoms with van der Waals surface area (Å²) in [5.41, 5.74) is 5.35. The molecule has 0 fully saturated rings. The fraction of sp³-hybridized carbons (Fsp3) is 0.368. The highest BCUT2D eigenvalue weighted by Crippen LogP contribution is 2.37. The van der Waals surface area contributed by atoms with E-state index >= 15 is 0 Å². The zero-order chi connectivity index (χ0) is 14.7. The van der Waals surface area contributed by atoms with E-state index in [1.807, 2.05) is 13.1 Å². The first kappa shape index (κ1) is 14.3. The van der Waals surface area contributed by atoms with Crippen LogP contribution in [0.15, 0.2) is 42.5 Å². The predicted octanol–water partition coefficient (Wildman–Crippen LogP) is 4.06. The molecule has 1 aliphatic carbocycles. The Labute approximate surface area is 126 Å². The molecule has 0 saturated heterocycles. The molecule has 0 heterocycles. The van der Waals surface area contributed by atoms with Crippen LogP contribution in [0, 0.1) is 5.82 Å². The van der Waals surface area contributed by atoms with E-state index in [0.717, 1.165) is 32.2 Å². The molecule has 3 rings (SSSR count). The topological polar surface area (TPSA) is 12.0 Å². The van der Waals surface area contributed by atoms with Crippen LogP contribution in [0.2, 0.25) is 0 Å². The summed E-state index contributed by atoms with van der Waals surface area (Å²) in [4.78, 5) is 0. The number of hydrogen-bond donors (Lipinski definition) is 1. The van der Waals surface area contributed by atoms with Gasteiger partial charge in [-0.05, 0) is 73.7 Å². The van der Waals surface area contributed by atoms with Crippen molar-refractivity contribution < 1.29 is 4.39 Å². The highest BCUT2D eigenvalue weighted by molar-refractivity contribution is 5.45. The maximum atomic E-state index is 13.6. The van der Waals surface area contributed by atoms with Gasteiger partial charge in [0.15, 0.2) is 0 Å². The van der Waals surface area contributed by atoms with Gasteiger partial charge >= 0.3 is 0 Å². The summed E-state index contributed by atoms with van der Waals surface area (Å²) in [5.74, 6) is 0.279. The molecule has 0 aromatic heterocycles. The van der Waals surface area contributed by atoms with Gasteiger partial charge in [-0.2, -0.15) is 0 Å². The van der Waals surface area contributed by atoms with Crippen molar-refractivity contribution in [2.75, 3.05) is 13.6 Å². The van der Waals surface area contributed by atoms with Crippen LogP contribution in [-0.2, 0) is 12.8 Å². The molecule has 0 bridgehead atoms. The molecular formula is C19H22FN. The second-order valence-corrected chi connectivity index (χ2v) is 5.84. The first-order valence-electron chi connectivity index (χ1n) is 7.80. The molecule has 0 saturated carbocycles. The van der Waals surface area contributed by atoms with Crippen molar-refractivity contribution in [2.24, 2.45) is 0 Å². The minimum absolute atomic E-state index is 0.117. The van der Waals surface area contributed by atoms with E-state index in [1.54, 1.807) is 12.1 Å². The minimum Gasteiger partial charge on any atom is -0.320 e. The van der Waals surface area contributed by atoms with Crippen LogP contribution in [0.3, 0.4) is 0 Å². The van der Waals surface area contributed by atoms with E-state index < -0.39 is 0 Å². The Morgan fingerprint density at radius 1 is 1.05 bits per heavy atom. The summed E-state index contributed by atoms with van der Waals surface area (Å²) in [7, 11) is 1.99. The van der Waals surface area contributed by atoms with Crippen LogP contribution in [0.25, 0.3) is 0 Å². The normalized spacial score (nSPS) is 17.0. The first-order valence-corrected chi connectivity index (χ1v) is 7.80. The number of benzene rings is 2. The van der Waals surface area contributed by atoms with Crippen molar-refractivity contribution in [3.63, 3.8) is 0 Å². The summed E-state index contributed by atoms with van der Waals surface area (Å²) in [6, 6.07) is 14.0. The lowest BCUT2D eigenvalue weighted by atomic mass is 9.85. The number of nitrogens with one attached hydrogen (secondary N) is 1. The third-order valence-electron chi connectivity index (χ3n) is 4.49. The number of halogens is 1. The summed E-state index contributed by atoms with van der Waals surface area (Å²) in [6.07, 6.45) is 4.19. The minimum atomic E-state index is -0.117.